The minimum absolute atomic E-state index is 0.0693. The number of aromatic nitrogens is 2. The maximum absolute atomic E-state index is 12.6. The largest absolute Gasteiger partial charge is 0.326 e. The number of amides is 1. The van der Waals surface area contributed by atoms with Crippen LogP contribution in [0.3, 0.4) is 0 Å². The number of nitrogens with one attached hydrogen (secondary N) is 2. The smallest absolute Gasteiger partial charge is 0.252 e. The third kappa shape index (κ3) is 2.59. The van der Waals surface area contributed by atoms with Gasteiger partial charge in [-0.15, -0.1) is 0 Å². The van der Waals surface area contributed by atoms with Crippen molar-refractivity contribution >= 4 is 17.5 Å². The lowest BCUT2D eigenvalue weighted by molar-refractivity contribution is -0.118. The van der Waals surface area contributed by atoms with Crippen LogP contribution in [0.1, 0.15) is 19.4 Å². The molecule has 6 heteroatoms. The summed E-state index contributed by atoms with van der Waals surface area (Å²) in [5, 5.41) is 2.97. The van der Waals surface area contributed by atoms with E-state index in [0.29, 0.717) is 12.5 Å². The average molecular weight is 298 g/mol. The molecule has 0 spiro atoms. The number of aromatic amines is 1. The number of carbonyl (C=O) groups excluding carboxylic acids is 1. The Labute approximate surface area is 128 Å². The number of hydrogen-bond donors (Lipinski definition) is 2. The van der Waals surface area contributed by atoms with Crippen molar-refractivity contribution < 1.29 is 4.79 Å². The molecule has 1 aliphatic heterocycles. The molecule has 0 saturated heterocycles. The third-order valence-corrected chi connectivity index (χ3v) is 3.78. The molecule has 1 aromatic carbocycles. The predicted octanol–water partition coefficient (Wildman–Crippen LogP) is 1.75. The first-order valence-electron chi connectivity index (χ1n) is 7.27. The van der Waals surface area contributed by atoms with Crippen LogP contribution < -0.4 is 15.8 Å². The zero-order chi connectivity index (χ0) is 15.7. The quantitative estimate of drug-likeness (QED) is 0.885. The summed E-state index contributed by atoms with van der Waals surface area (Å²) in [6.45, 7) is 4.47. The van der Waals surface area contributed by atoms with Crippen LogP contribution in [0, 0.1) is 5.92 Å². The third-order valence-electron chi connectivity index (χ3n) is 3.78. The van der Waals surface area contributed by atoms with E-state index >= 15 is 0 Å². The van der Waals surface area contributed by atoms with Gasteiger partial charge in [0.1, 0.15) is 6.04 Å². The summed E-state index contributed by atoms with van der Waals surface area (Å²) in [5.41, 5.74) is 1.56. The van der Waals surface area contributed by atoms with Crippen molar-refractivity contribution in [2.75, 3.05) is 10.2 Å². The molecule has 3 rings (SSSR count). The lowest BCUT2D eigenvalue weighted by atomic mass is 10.0. The molecular formula is C16H18N4O2. The van der Waals surface area contributed by atoms with Gasteiger partial charge in [-0.2, -0.15) is 0 Å². The van der Waals surface area contributed by atoms with Crippen LogP contribution >= 0.6 is 0 Å². The first kappa shape index (κ1) is 14.3. The summed E-state index contributed by atoms with van der Waals surface area (Å²) in [5.74, 6) is 0.393. The standard InChI is InChI=1S/C16H18N4O2/c1-10(2)14-15(22)18-12-6-4-3-5-11(12)9-20(14)16-17-8-7-13(21)19-16/h3-8,10,14H,9H2,1-2H3,(H,18,22)(H,17,19,21). The number of carbonyl (C=O) groups is 1. The fourth-order valence-corrected chi connectivity index (χ4v) is 2.79. The molecule has 0 aliphatic carbocycles. The van der Waals surface area contributed by atoms with E-state index < -0.39 is 6.04 Å². The van der Waals surface area contributed by atoms with Crippen molar-refractivity contribution in [3.63, 3.8) is 0 Å². The van der Waals surface area contributed by atoms with Gasteiger partial charge < -0.3 is 10.2 Å². The molecule has 0 radical (unpaired) electrons. The van der Waals surface area contributed by atoms with Crippen molar-refractivity contribution in [2.45, 2.75) is 26.4 Å². The molecular weight excluding hydrogens is 280 g/mol. The van der Waals surface area contributed by atoms with Crippen molar-refractivity contribution in [2.24, 2.45) is 5.92 Å². The highest BCUT2D eigenvalue weighted by atomic mass is 16.2. The molecule has 6 nitrogen and oxygen atoms in total. The highest BCUT2D eigenvalue weighted by molar-refractivity contribution is 5.98. The SMILES string of the molecule is CC(C)C1C(=O)Nc2ccccc2CN1c1nccc(=O)[nH]1. The second-order valence-electron chi connectivity index (χ2n) is 5.72. The number of benzene rings is 1. The number of fused-ring (bicyclic) bond motifs is 1. The van der Waals surface area contributed by atoms with E-state index in [1.807, 2.05) is 43.0 Å². The second-order valence-corrected chi connectivity index (χ2v) is 5.72. The Bertz CT molecular complexity index is 754. The minimum Gasteiger partial charge on any atom is -0.326 e. The van der Waals surface area contributed by atoms with E-state index in [1.54, 1.807) is 0 Å². The molecule has 1 atom stereocenters. The fraction of sp³-hybridized carbons (Fsp3) is 0.312. The Hall–Kier alpha value is -2.63. The molecule has 0 fully saturated rings. The van der Waals surface area contributed by atoms with Gasteiger partial charge in [0.2, 0.25) is 11.9 Å². The number of H-pyrrole nitrogens is 1. The van der Waals surface area contributed by atoms with Gasteiger partial charge in [0.25, 0.3) is 5.56 Å². The topological polar surface area (TPSA) is 78.1 Å². The van der Waals surface area contributed by atoms with E-state index in [4.69, 9.17) is 0 Å². The van der Waals surface area contributed by atoms with Gasteiger partial charge in [0, 0.05) is 24.5 Å². The van der Waals surface area contributed by atoms with Gasteiger partial charge in [-0.05, 0) is 17.5 Å². The summed E-state index contributed by atoms with van der Waals surface area (Å²) in [7, 11) is 0. The molecule has 1 aromatic heterocycles. The van der Waals surface area contributed by atoms with Crippen LogP contribution in [0.4, 0.5) is 11.6 Å². The Balaban J connectivity index is 2.11. The molecule has 2 heterocycles. The van der Waals surface area contributed by atoms with E-state index in [1.165, 1.54) is 12.3 Å². The highest BCUT2D eigenvalue weighted by Crippen LogP contribution is 2.27. The maximum atomic E-state index is 12.6. The number of nitrogens with zero attached hydrogens (tertiary/aromatic N) is 2. The second kappa shape index (κ2) is 5.63. The zero-order valence-corrected chi connectivity index (χ0v) is 12.5. The first-order chi connectivity index (χ1) is 10.6. The normalized spacial score (nSPS) is 17.9. The summed E-state index contributed by atoms with van der Waals surface area (Å²) >= 11 is 0. The van der Waals surface area contributed by atoms with Crippen LogP contribution in [0.2, 0.25) is 0 Å². The molecule has 1 amide bonds. The van der Waals surface area contributed by atoms with Crippen LogP contribution in [0.5, 0.6) is 0 Å². The molecule has 2 aromatic rings. The zero-order valence-electron chi connectivity index (χ0n) is 12.5. The van der Waals surface area contributed by atoms with E-state index in [9.17, 15) is 9.59 Å². The summed E-state index contributed by atoms with van der Waals surface area (Å²) in [6.07, 6.45) is 1.46. The van der Waals surface area contributed by atoms with Gasteiger partial charge >= 0.3 is 0 Å². The Kier molecular flexibility index (Phi) is 3.66. The van der Waals surface area contributed by atoms with E-state index in [0.717, 1.165) is 11.3 Å². The first-order valence-corrected chi connectivity index (χ1v) is 7.27. The van der Waals surface area contributed by atoms with Crippen molar-refractivity contribution in [1.29, 1.82) is 0 Å². The Morgan fingerprint density at radius 3 is 2.73 bits per heavy atom. The highest BCUT2D eigenvalue weighted by Gasteiger charge is 2.33. The van der Waals surface area contributed by atoms with Crippen LogP contribution in [-0.2, 0) is 11.3 Å². The fourth-order valence-electron chi connectivity index (χ4n) is 2.79. The van der Waals surface area contributed by atoms with Gasteiger partial charge in [-0.3, -0.25) is 14.6 Å². The number of rotatable bonds is 2. The van der Waals surface area contributed by atoms with Crippen LogP contribution in [-0.4, -0.2) is 21.9 Å². The number of hydrogen-bond acceptors (Lipinski definition) is 4. The molecule has 0 saturated carbocycles. The van der Waals surface area contributed by atoms with E-state index in [-0.39, 0.29) is 17.4 Å². The Morgan fingerprint density at radius 2 is 2.00 bits per heavy atom. The van der Waals surface area contributed by atoms with Gasteiger partial charge in [-0.1, -0.05) is 32.0 Å². The summed E-state index contributed by atoms with van der Waals surface area (Å²) in [6, 6.07) is 8.63. The molecule has 1 unspecified atom stereocenters. The lowest BCUT2D eigenvalue weighted by Gasteiger charge is -2.31. The van der Waals surface area contributed by atoms with Gasteiger partial charge in [0.15, 0.2) is 0 Å². The molecule has 1 aliphatic rings. The molecule has 22 heavy (non-hydrogen) atoms. The maximum Gasteiger partial charge on any atom is 0.252 e. The molecule has 114 valence electrons. The predicted molar refractivity (Wildman–Crippen MR) is 84.7 cm³/mol. The number of para-hydroxylation sites is 1. The minimum atomic E-state index is -0.405. The summed E-state index contributed by atoms with van der Waals surface area (Å²) in [4.78, 5) is 33.0. The average Bonchev–Trinajstić information content (AvgIpc) is 2.62. The van der Waals surface area contributed by atoms with E-state index in [2.05, 4.69) is 15.3 Å². The Morgan fingerprint density at radius 1 is 1.23 bits per heavy atom. The lowest BCUT2D eigenvalue weighted by Crippen LogP contribution is -2.46. The van der Waals surface area contributed by atoms with Gasteiger partial charge in [-0.25, -0.2) is 4.98 Å². The number of anilines is 2. The molecule has 0 bridgehead atoms. The molecule has 2 N–H and O–H groups in total. The summed E-state index contributed by atoms with van der Waals surface area (Å²) < 4.78 is 0. The van der Waals surface area contributed by atoms with Crippen LogP contribution in [0.25, 0.3) is 0 Å². The van der Waals surface area contributed by atoms with Crippen molar-refractivity contribution in [1.82, 2.24) is 9.97 Å². The van der Waals surface area contributed by atoms with Crippen molar-refractivity contribution in [3.05, 3.63) is 52.4 Å². The van der Waals surface area contributed by atoms with Gasteiger partial charge in [0.05, 0.1) is 0 Å². The van der Waals surface area contributed by atoms with Crippen LogP contribution in [0.15, 0.2) is 41.3 Å². The monoisotopic (exact) mass is 298 g/mol. The van der Waals surface area contributed by atoms with Crippen molar-refractivity contribution in [3.8, 4) is 0 Å².